The predicted molar refractivity (Wildman–Crippen MR) is 70.8 cm³/mol. The van der Waals surface area contributed by atoms with Gasteiger partial charge in [0.2, 0.25) is 0 Å². The number of benzene rings is 1. The summed E-state index contributed by atoms with van der Waals surface area (Å²) in [4.78, 5) is 18.8. The highest BCUT2D eigenvalue weighted by Crippen LogP contribution is 2.20. The third-order valence-corrected chi connectivity index (χ3v) is 2.72. The fourth-order valence-electron chi connectivity index (χ4n) is 1.57. The van der Waals surface area contributed by atoms with Gasteiger partial charge in [-0.3, -0.25) is 4.79 Å². The van der Waals surface area contributed by atoms with E-state index in [-0.39, 0.29) is 5.91 Å². The fourth-order valence-corrected chi connectivity index (χ4v) is 1.75. The van der Waals surface area contributed by atoms with Crippen LogP contribution < -0.4 is 10.6 Å². The number of nitrogens with zero attached hydrogens (tertiary/aromatic N) is 1. The highest BCUT2D eigenvalue weighted by atomic mass is 35.5. The van der Waals surface area contributed by atoms with Crippen LogP contribution in [-0.2, 0) is 6.54 Å². The molecule has 0 bridgehead atoms. The van der Waals surface area contributed by atoms with Crippen molar-refractivity contribution >= 4 is 23.2 Å². The van der Waals surface area contributed by atoms with Gasteiger partial charge in [-0.05, 0) is 18.2 Å². The summed E-state index contributed by atoms with van der Waals surface area (Å²) in [5.74, 6) is -0.184. The molecule has 0 radical (unpaired) electrons. The van der Waals surface area contributed by atoms with Crippen molar-refractivity contribution in [1.82, 2.24) is 15.3 Å². The largest absolute Gasteiger partial charge is 0.387 e. The van der Waals surface area contributed by atoms with E-state index in [4.69, 9.17) is 11.6 Å². The molecule has 0 unspecified atom stereocenters. The molecule has 0 saturated carbocycles. The van der Waals surface area contributed by atoms with E-state index in [2.05, 4.69) is 20.6 Å². The molecule has 0 spiro atoms. The fraction of sp³-hybridized carbons (Fsp3) is 0.167. The van der Waals surface area contributed by atoms with Crippen LogP contribution in [0.25, 0.3) is 0 Å². The molecule has 1 amide bonds. The van der Waals surface area contributed by atoms with Gasteiger partial charge in [0.15, 0.2) is 0 Å². The van der Waals surface area contributed by atoms with E-state index in [0.717, 1.165) is 11.4 Å². The third-order valence-electron chi connectivity index (χ3n) is 2.49. The van der Waals surface area contributed by atoms with Crippen molar-refractivity contribution < 1.29 is 4.79 Å². The van der Waals surface area contributed by atoms with E-state index in [9.17, 15) is 4.79 Å². The monoisotopic (exact) mass is 264 g/mol. The van der Waals surface area contributed by atoms with Gasteiger partial charge in [0.05, 0.1) is 24.1 Å². The second kappa shape index (κ2) is 5.55. The zero-order valence-corrected chi connectivity index (χ0v) is 10.6. The van der Waals surface area contributed by atoms with Gasteiger partial charge in [-0.15, -0.1) is 0 Å². The molecule has 1 heterocycles. The average Bonchev–Trinajstić information content (AvgIpc) is 2.89. The van der Waals surface area contributed by atoms with Crippen molar-refractivity contribution in [1.29, 1.82) is 0 Å². The third kappa shape index (κ3) is 2.81. The molecule has 1 aromatic heterocycles. The van der Waals surface area contributed by atoms with E-state index >= 15 is 0 Å². The van der Waals surface area contributed by atoms with E-state index in [1.54, 1.807) is 37.8 Å². The summed E-state index contributed by atoms with van der Waals surface area (Å²) < 4.78 is 0. The Morgan fingerprint density at radius 2 is 2.33 bits per heavy atom. The van der Waals surface area contributed by atoms with Gasteiger partial charge in [-0.1, -0.05) is 11.6 Å². The van der Waals surface area contributed by atoms with Crippen molar-refractivity contribution in [2.45, 2.75) is 6.54 Å². The number of H-pyrrole nitrogens is 1. The lowest BCUT2D eigenvalue weighted by atomic mass is 10.1. The zero-order valence-electron chi connectivity index (χ0n) is 9.83. The molecule has 0 aliphatic rings. The Labute approximate surface area is 110 Å². The van der Waals surface area contributed by atoms with Gasteiger partial charge in [-0.25, -0.2) is 4.98 Å². The van der Waals surface area contributed by atoms with Crippen molar-refractivity contribution in [2.75, 3.05) is 12.4 Å². The lowest BCUT2D eigenvalue weighted by Gasteiger charge is -2.09. The minimum Gasteiger partial charge on any atom is -0.387 e. The lowest BCUT2D eigenvalue weighted by molar-refractivity contribution is 0.0951. The van der Waals surface area contributed by atoms with Gasteiger partial charge in [-0.2, -0.15) is 0 Å². The Bertz CT molecular complexity index is 539. The van der Waals surface area contributed by atoms with Gasteiger partial charge in [0.1, 0.15) is 0 Å². The molecule has 3 N–H and O–H groups in total. The van der Waals surface area contributed by atoms with Crippen molar-refractivity contribution in [3.05, 3.63) is 47.0 Å². The van der Waals surface area contributed by atoms with Gasteiger partial charge >= 0.3 is 0 Å². The second-order valence-electron chi connectivity index (χ2n) is 3.70. The molecule has 18 heavy (non-hydrogen) atoms. The van der Waals surface area contributed by atoms with E-state index < -0.39 is 0 Å². The molecule has 2 rings (SSSR count). The van der Waals surface area contributed by atoms with Crippen LogP contribution in [0.3, 0.4) is 0 Å². The van der Waals surface area contributed by atoms with Crippen LogP contribution in [0.4, 0.5) is 5.69 Å². The van der Waals surface area contributed by atoms with Crippen LogP contribution >= 0.6 is 11.6 Å². The van der Waals surface area contributed by atoms with E-state index in [1.165, 1.54) is 0 Å². The maximum Gasteiger partial charge on any atom is 0.253 e. The first-order chi connectivity index (χ1) is 8.70. The predicted octanol–water partition coefficient (Wildman–Crippen LogP) is 2.03. The minimum absolute atomic E-state index is 0.184. The Kier molecular flexibility index (Phi) is 3.84. The zero-order chi connectivity index (χ0) is 13.0. The first kappa shape index (κ1) is 12.4. The molecule has 0 aliphatic heterocycles. The topological polar surface area (TPSA) is 69.8 Å². The molecule has 0 fully saturated rings. The number of anilines is 1. The maximum absolute atomic E-state index is 12.0. The number of hydrogen-bond donors (Lipinski definition) is 3. The normalized spacial score (nSPS) is 10.1. The Balaban J connectivity index is 2.10. The van der Waals surface area contributed by atoms with Crippen LogP contribution in [0, 0.1) is 0 Å². The highest BCUT2D eigenvalue weighted by molar-refractivity contribution is 6.31. The molecule has 1 aromatic carbocycles. The smallest absolute Gasteiger partial charge is 0.253 e. The highest BCUT2D eigenvalue weighted by Gasteiger charge is 2.11. The molecule has 0 aliphatic carbocycles. The number of amides is 1. The average molecular weight is 265 g/mol. The number of carbonyl (C=O) groups excluding carboxylic acids is 1. The molecule has 94 valence electrons. The van der Waals surface area contributed by atoms with E-state index in [1.807, 2.05) is 0 Å². The van der Waals surface area contributed by atoms with Crippen LogP contribution in [0.1, 0.15) is 16.1 Å². The van der Waals surface area contributed by atoms with Crippen LogP contribution in [0.5, 0.6) is 0 Å². The first-order valence-electron chi connectivity index (χ1n) is 5.43. The van der Waals surface area contributed by atoms with Crippen LogP contribution in [-0.4, -0.2) is 22.9 Å². The van der Waals surface area contributed by atoms with Gasteiger partial charge in [0.25, 0.3) is 5.91 Å². The summed E-state index contributed by atoms with van der Waals surface area (Å²) in [5.41, 5.74) is 2.10. The number of aromatic nitrogens is 2. The van der Waals surface area contributed by atoms with Gasteiger partial charge in [0, 0.05) is 24.0 Å². The maximum atomic E-state index is 12.0. The van der Waals surface area contributed by atoms with Gasteiger partial charge < -0.3 is 15.6 Å². The number of imidazole rings is 1. The Hall–Kier alpha value is -2.01. The first-order valence-corrected chi connectivity index (χ1v) is 5.81. The number of hydrogen-bond acceptors (Lipinski definition) is 3. The number of rotatable bonds is 4. The minimum atomic E-state index is -0.184. The summed E-state index contributed by atoms with van der Waals surface area (Å²) in [6, 6.07) is 5.14. The number of nitrogens with one attached hydrogen (secondary N) is 3. The van der Waals surface area contributed by atoms with Crippen LogP contribution in [0.15, 0.2) is 30.7 Å². The SMILES string of the molecule is CNc1ccc(Cl)cc1C(=O)NCc1cnc[nH]1. The van der Waals surface area contributed by atoms with Crippen molar-refractivity contribution in [3.63, 3.8) is 0 Å². The number of aromatic amines is 1. The summed E-state index contributed by atoms with van der Waals surface area (Å²) >= 11 is 5.89. The molecule has 6 heteroatoms. The molecule has 2 aromatic rings. The number of halogens is 1. The van der Waals surface area contributed by atoms with Crippen molar-refractivity contribution in [2.24, 2.45) is 0 Å². The Morgan fingerprint density at radius 3 is 3.00 bits per heavy atom. The summed E-state index contributed by atoms with van der Waals surface area (Å²) in [6.45, 7) is 0.397. The number of carbonyl (C=O) groups is 1. The molecule has 5 nitrogen and oxygen atoms in total. The summed E-state index contributed by atoms with van der Waals surface area (Å²) in [7, 11) is 1.76. The van der Waals surface area contributed by atoms with E-state index in [0.29, 0.717) is 17.1 Å². The van der Waals surface area contributed by atoms with Crippen LogP contribution in [0.2, 0.25) is 5.02 Å². The molecular formula is C12H13ClN4O. The molecule has 0 atom stereocenters. The summed E-state index contributed by atoms with van der Waals surface area (Å²) in [6.07, 6.45) is 3.23. The second-order valence-corrected chi connectivity index (χ2v) is 4.14. The molecular weight excluding hydrogens is 252 g/mol. The standard InChI is InChI=1S/C12H13ClN4O/c1-14-11-3-2-8(13)4-10(11)12(18)16-6-9-5-15-7-17-9/h2-5,7,14H,6H2,1H3,(H,15,17)(H,16,18). The summed E-state index contributed by atoms with van der Waals surface area (Å²) in [5, 5.41) is 6.28. The Morgan fingerprint density at radius 1 is 1.50 bits per heavy atom. The molecule has 0 saturated heterocycles. The lowest BCUT2D eigenvalue weighted by Crippen LogP contribution is -2.23. The quantitative estimate of drug-likeness (QED) is 0.791. The van der Waals surface area contributed by atoms with Crippen molar-refractivity contribution in [3.8, 4) is 0 Å².